The van der Waals surface area contributed by atoms with Crippen molar-refractivity contribution in [1.29, 1.82) is 0 Å². The number of hydrogen-bond donors (Lipinski definition) is 2. The fraction of sp³-hybridized carbons (Fsp3) is 0.967. The molecule has 0 bridgehead atoms. The average Bonchev–Trinajstić information content (AvgIpc) is 2.89. The molecule has 1 fully saturated rings. The van der Waals surface area contributed by atoms with Crippen LogP contribution in [0.5, 0.6) is 0 Å². The van der Waals surface area contributed by atoms with Gasteiger partial charge >= 0.3 is 0 Å². The van der Waals surface area contributed by atoms with Crippen molar-refractivity contribution in [2.75, 3.05) is 32.3 Å². The molecule has 1 aliphatic rings. The molecule has 2 atom stereocenters. The van der Waals surface area contributed by atoms with Crippen LogP contribution in [-0.4, -0.2) is 67.2 Å². The second kappa shape index (κ2) is 26.3. The molecule has 1 aliphatic heterocycles. The number of hydrogen-bond acceptors (Lipinski definition) is 6. The third-order valence-corrected chi connectivity index (χ3v) is 12.7. The molecular weight excluding hydrogens is 498 g/mol. The smallest absolute Gasteiger partial charge is 0.188 e. The van der Waals surface area contributed by atoms with Crippen LogP contribution < -0.4 is 0 Å². The van der Waals surface area contributed by atoms with Gasteiger partial charge in [-0.3, -0.25) is 4.79 Å². The van der Waals surface area contributed by atoms with E-state index < -0.39 is 8.96 Å². The molecule has 220 valence electrons. The quantitative estimate of drug-likeness (QED) is 0.0728. The van der Waals surface area contributed by atoms with Gasteiger partial charge in [0.05, 0.1) is 6.61 Å². The molecular formula is C30H61NO4SSi. The SMILES string of the molecule is CCCCC(=O)SCCC[SiH]1CCCCCCN1C(CCCCCCCCCCCCO)CCOCO. The monoisotopic (exact) mass is 559 g/mol. The zero-order valence-electron chi connectivity index (χ0n) is 24.3. The maximum absolute atomic E-state index is 12.1. The van der Waals surface area contributed by atoms with E-state index in [0.29, 0.717) is 24.4 Å². The van der Waals surface area contributed by atoms with E-state index in [2.05, 4.69) is 11.5 Å². The number of unbranched alkanes of at least 4 members (excludes halogenated alkanes) is 10. The Hall–Kier alpha value is 0.0769. The number of rotatable bonds is 24. The van der Waals surface area contributed by atoms with E-state index >= 15 is 0 Å². The number of aliphatic hydroxyl groups is 2. The lowest BCUT2D eigenvalue weighted by molar-refractivity contribution is -0.111. The Bertz CT molecular complexity index is 514. The minimum atomic E-state index is -1.02. The number of carbonyl (C=O) groups is 1. The van der Waals surface area contributed by atoms with Gasteiger partial charge in [-0.1, -0.05) is 102 Å². The van der Waals surface area contributed by atoms with Gasteiger partial charge in [-0.2, -0.15) is 0 Å². The van der Waals surface area contributed by atoms with Crippen LogP contribution >= 0.6 is 11.8 Å². The van der Waals surface area contributed by atoms with Crippen LogP contribution in [0.3, 0.4) is 0 Å². The fourth-order valence-corrected chi connectivity index (χ4v) is 10.7. The number of nitrogens with zero attached hydrogens (tertiary/aromatic N) is 1. The highest BCUT2D eigenvalue weighted by Crippen LogP contribution is 2.26. The topological polar surface area (TPSA) is 70.0 Å². The number of carbonyl (C=O) groups excluding carboxylic acids is 1. The number of aliphatic hydroxyl groups excluding tert-OH is 2. The summed E-state index contributed by atoms with van der Waals surface area (Å²) in [7, 11) is -1.02. The highest BCUT2D eigenvalue weighted by atomic mass is 32.2. The van der Waals surface area contributed by atoms with Gasteiger partial charge in [-0.15, -0.1) is 0 Å². The van der Waals surface area contributed by atoms with Crippen LogP contribution in [0.4, 0.5) is 0 Å². The summed E-state index contributed by atoms with van der Waals surface area (Å²) in [6.07, 6.45) is 24.6. The Morgan fingerprint density at radius 2 is 1.54 bits per heavy atom. The normalized spacial score (nSPS) is 18.0. The summed E-state index contributed by atoms with van der Waals surface area (Å²) in [5, 5.41) is 18.4. The van der Waals surface area contributed by atoms with Gasteiger partial charge in [0.25, 0.3) is 0 Å². The van der Waals surface area contributed by atoms with Crippen molar-refractivity contribution >= 4 is 25.8 Å². The van der Waals surface area contributed by atoms with Crippen molar-refractivity contribution in [1.82, 2.24) is 4.57 Å². The second-order valence-corrected chi connectivity index (χ2v) is 15.4. The lowest BCUT2D eigenvalue weighted by atomic mass is 10.0. The zero-order chi connectivity index (χ0) is 26.8. The first-order valence-electron chi connectivity index (χ1n) is 15.9. The Morgan fingerprint density at radius 3 is 2.22 bits per heavy atom. The summed E-state index contributed by atoms with van der Waals surface area (Å²) in [5.74, 6) is 1.000. The van der Waals surface area contributed by atoms with Crippen LogP contribution in [0.15, 0.2) is 0 Å². The molecule has 1 heterocycles. The molecule has 5 nitrogen and oxygen atoms in total. The van der Waals surface area contributed by atoms with Gasteiger partial charge in [0.15, 0.2) is 5.12 Å². The van der Waals surface area contributed by atoms with E-state index in [9.17, 15) is 9.90 Å². The minimum Gasteiger partial charge on any atom is -0.396 e. The predicted molar refractivity (Wildman–Crippen MR) is 163 cm³/mol. The van der Waals surface area contributed by atoms with Crippen molar-refractivity contribution in [2.24, 2.45) is 0 Å². The summed E-state index contributed by atoms with van der Waals surface area (Å²) in [6, 6.07) is 3.36. The molecule has 2 unspecified atom stereocenters. The molecule has 37 heavy (non-hydrogen) atoms. The van der Waals surface area contributed by atoms with E-state index in [1.165, 1.54) is 115 Å². The maximum Gasteiger partial charge on any atom is 0.188 e. The van der Waals surface area contributed by atoms with Crippen LogP contribution in [0.25, 0.3) is 0 Å². The van der Waals surface area contributed by atoms with E-state index in [1.807, 2.05) is 0 Å². The van der Waals surface area contributed by atoms with Gasteiger partial charge in [-0.05, 0) is 57.2 Å². The zero-order valence-corrected chi connectivity index (χ0v) is 26.3. The standard InChI is InChI=1S/C30H61NO4SSi/c1-2-3-20-30(34)36-25-18-27-37-26-17-13-11-15-22-31(37)29(21-24-35-28-33)19-14-10-8-6-4-5-7-9-12-16-23-32/h29,32-33,37H,2-28H2,1H3. The van der Waals surface area contributed by atoms with Crippen LogP contribution in [0, 0.1) is 0 Å². The molecule has 0 saturated carbocycles. The fourth-order valence-electron chi connectivity index (χ4n) is 5.73. The first-order chi connectivity index (χ1) is 18.2. The Balaban J connectivity index is 2.46. The Labute approximate surface area is 235 Å². The van der Waals surface area contributed by atoms with Gasteiger partial charge < -0.3 is 19.5 Å². The number of ether oxygens (including phenoxy) is 1. The van der Waals surface area contributed by atoms with Crippen molar-refractivity contribution in [2.45, 2.75) is 153 Å². The van der Waals surface area contributed by atoms with Crippen LogP contribution in [-0.2, 0) is 9.53 Å². The summed E-state index contributed by atoms with van der Waals surface area (Å²) >= 11 is 1.58. The van der Waals surface area contributed by atoms with Gasteiger partial charge in [0, 0.05) is 24.8 Å². The molecule has 0 radical (unpaired) electrons. The second-order valence-electron chi connectivity index (χ2n) is 11.1. The molecule has 0 aromatic carbocycles. The van der Waals surface area contributed by atoms with E-state index in [-0.39, 0.29) is 6.79 Å². The lowest BCUT2D eigenvalue weighted by Gasteiger charge is -2.39. The third kappa shape index (κ3) is 19.7. The van der Waals surface area contributed by atoms with Gasteiger partial charge in [0.1, 0.15) is 15.8 Å². The third-order valence-electron chi connectivity index (χ3n) is 7.95. The van der Waals surface area contributed by atoms with Gasteiger partial charge in [-0.25, -0.2) is 0 Å². The van der Waals surface area contributed by atoms with E-state index in [4.69, 9.17) is 9.84 Å². The van der Waals surface area contributed by atoms with E-state index in [1.54, 1.807) is 11.8 Å². The summed E-state index contributed by atoms with van der Waals surface area (Å²) in [6.45, 7) is 4.24. The Kier molecular flexibility index (Phi) is 25.0. The van der Waals surface area contributed by atoms with Crippen molar-refractivity contribution < 1.29 is 19.7 Å². The molecule has 1 saturated heterocycles. The highest BCUT2D eigenvalue weighted by Gasteiger charge is 2.27. The summed E-state index contributed by atoms with van der Waals surface area (Å²) < 4.78 is 8.35. The molecule has 2 N–H and O–H groups in total. The summed E-state index contributed by atoms with van der Waals surface area (Å²) in [4.78, 5) is 12.1. The Morgan fingerprint density at radius 1 is 0.865 bits per heavy atom. The lowest BCUT2D eigenvalue weighted by Crippen LogP contribution is -2.48. The number of thioether (sulfide) groups is 1. The molecule has 7 heteroatoms. The van der Waals surface area contributed by atoms with Crippen LogP contribution in [0.1, 0.15) is 135 Å². The van der Waals surface area contributed by atoms with Gasteiger partial charge in [0.2, 0.25) is 0 Å². The van der Waals surface area contributed by atoms with Crippen molar-refractivity contribution in [3.63, 3.8) is 0 Å². The minimum absolute atomic E-state index is 0.170. The van der Waals surface area contributed by atoms with E-state index in [0.717, 1.165) is 37.9 Å². The first kappa shape index (κ1) is 35.1. The molecule has 0 amide bonds. The molecule has 0 aliphatic carbocycles. The maximum atomic E-state index is 12.1. The highest BCUT2D eigenvalue weighted by molar-refractivity contribution is 8.13. The largest absolute Gasteiger partial charge is 0.396 e. The van der Waals surface area contributed by atoms with Crippen molar-refractivity contribution in [3.8, 4) is 0 Å². The molecule has 0 aromatic rings. The first-order valence-corrected chi connectivity index (χ1v) is 19.1. The predicted octanol–water partition coefficient (Wildman–Crippen LogP) is 7.43. The average molecular weight is 560 g/mol. The van der Waals surface area contributed by atoms with Crippen LogP contribution in [0.2, 0.25) is 12.1 Å². The molecule has 0 spiro atoms. The molecule has 0 aromatic heterocycles. The summed E-state index contributed by atoms with van der Waals surface area (Å²) in [5.41, 5.74) is 0. The van der Waals surface area contributed by atoms with Crippen molar-refractivity contribution in [3.05, 3.63) is 0 Å². The molecule has 1 rings (SSSR count).